The van der Waals surface area contributed by atoms with Crippen molar-refractivity contribution in [3.8, 4) is 27.6 Å². The Hall–Kier alpha value is -2.26. The molecule has 2 aromatic heterocycles. The van der Waals surface area contributed by atoms with Gasteiger partial charge in [0.05, 0.1) is 22.0 Å². The van der Waals surface area contributed by atoms with E-state index in [0.29, 0.717) is 37.7 Å². The molecule has 1 amide bonds. The van der Waals surface area contributed by atoms with Crippen molar-refractivity contribution in [1.29, 1.82) is 0 Å². The smallest absolute Gasteiger partial charge is 0.256 e. The second-order valence-electron chi connectivity index (χ2n) is 10.6. The Morgan fingerprint density at radius 3 is 2.39 bits per heavy atom. The van der Waals surface area contributed by atoms with E-state index in [2.05, 4.69) is 52.2 Å². The topological polar surface area (TPSA) is 72.7 Å². The molecule has 0 bridgehead atoms. The third-order valence-electron chi connectivity index (χ3n) is 6.58. The van der Waals surface area contributed by atoms with Gasteiger partial charge in [0.1, 0.15) is 10.7 Å². The normalized spacial score (nSPS) is 14.6. The summed E-state index contributed by atoms with van der Waals surface area (Å²) >= 11 is 17.9. The van der Waals surface area contributed by atoms with Crippen molar-refractivity contribution in [1.82, 2.24) is 25.3 Å². The molecule has 2 aromatic carbocycles. The number of rotatable bonds is 5. The zero-order chi connectivity index (χ0) is 27.0. The fourth-order valence-electron chi connectivity index (χ4n) is 4.61. The van der Waals surface area contributed by atoms with E-state index in [0.717, 1.165) is 40.7 Å². The molecular weight excluding hydrogens is 605 g/mol. The molecule has 4 aromatic rings. The lowest BCUT2D eigenvalue weighted by Crippen LogP contribution is -2.36. The summed E-state index contributed by atoms with van der Waals surface area (Å²) < 4.78 is 2.66. The van der Waals surface area contributed by atoms with E-state index in [4.69, 9.17) is 28.3 Å². The van der Waals surface area contributed by atoms with Gasteiger partial charge >= 0.3 is 0 Å². The molecule has 1 fully saturated rings. The van der Waals surface area contributed by atoms with Gasteiger partial charge in [0.15, 0.2) is 5.01 Å². The Kier molecular flexibility index (Phi) is 7.96. The zero-order valence-electron chi connectivity index (χ0n) is 21.4. The molecule has 2 heterocycles. The number of amides is 1. The Bertz CT molecular complexity index is 1470. The first-order valence-corrected chi connectivity index (χ1v) is 15.0. The van der Waals surface area contributed by atoms with Gasteiger partial charge in [-0.2, -0.15) is 5.10 Å². The molecule has 0 saturated heterocycles. The molecule has 0 atom stereocenters. The number of hydrogen-bond acceptors (Lipinski definition) is 5. The number of aromatic nitrogens is 4. The molecule has 0 radical (unpaired) electrons. The van der Waals surface area contributed by atoms with E-state index < -0.39 is 0 Å². The van der Waals surface area contributed by atoms with Gasteiger partial charge in [-0.15, -0.1) is 10.2 Å². The lowest BCUT2D eigenvalue weighted by atomic mass is 9.95. The number of nitrogens with zero attached hydrogens (tertiary/aromatic N) is 4. The highest BCUT2D eigenvalue weighted by Crippen LogP contribution is 2.39. The Morgan fingerprint density at radius 1 is 1.05 bits per heavy atom. The minimum Gasteiger partial charge on any atom is -0.349 e. The van der Waals surface area contributed by atoms with Crippen LogP contribution in [0.3, 0.4) is 0 Å². The molecule has 1 aliphatic carbocycles. The number of hydrogen-bond donors (Lipinski definition) is 1. The first kappa shape index (κ1) is 27.3. The third kappa shape index (κ3) is 5.69. The van der Waals surface area contributed by atoms with Crippen molar-refractivity contribution < 1.29 is 4.79 Å². The number of halogens is 3. The van der Waals surface area contributed by atoms with Crippen molar-refractivity contribution in [2.45, 2.75) is 64.3 Å². The van der Waals surface area contributed by atoms with Gasteiger partial charge in [0.25, 0.3) is 5.91 Å². The van der Waals surface area contributed by atoms with Crippen LogP contribution in [0, 0.1) is 0 Å². The van der Waals surface area contributed by atoms with Crippen LogP contribution in [0.1, 0.15) is 68.2 Å². The Labute approximate surface area is 244 Å². The third-order valence-corrected chi connectivity index (χ3v) is 9.00. The fraction of sp³-hybridized carbons (Fsp3) is 0.357. The van der Waals surface area contributed by atoms with Crippen LogP contribution < -0.4 is 5.32 Å². The van der Waals surface area contributed by atoms with Crippen LogP contribution in [0.25, 0.3) is 27.6 Å². The number of carbonyl (C=O) groups excluding carboxylic acids is 1. The summed E-state index contributed by atoms with van der Waals surface area (Å²) in [4.78, 5) is 14.1. The van der Waals surface area contributed by atoms with E-state index in [-0.39, 0.29) is 17.4 Å². The summed E-state index contributed by atoms with van der Waals surface area (Å²) in [6, 6.07) is 13.2. The summed E-state index contributed by atoms with van der Waals surface area (Å²) in [6.45, 7) is 6.27. The molecule has 0 spiro atoms. The van der Waals surface area contributed by atoms with E-state index in [1.54, 1.807) is 16.8 Å². The SMILES string of the molecule is CC(C)(C)c1nnc(-c2nn(-c3ccc(Cl)cc3Cl)c(-c3ccc(Br)cc3)c2C(=O)NC2CCCCC2)s1. The molecule has 10 heteroatoms. The average molecular weight is 633 g/mol. The number of carbonyl (C=O) groups is 1. The molecule has 1 aliphatic rings. The maximum absolute atomic E-state index is 14.1. The maximum Gasteiger partial charge on any atom is 0.256 e. The lowest BCUT2D eigenvalue weighted by Gasteiger charge is -2.23. The largest absolute Gasteiger partial charge is 0.349 e. The minimum atomic E-state index is -0.184. The van der Waals surface area contributed by atoms with Crippen LogP contribution >= 0.6 is 50.5 Å². The highest BCUT2D eigenvalue weighted by molar-refractivity contribution is 9.10. The van der Waals surface area contributed by atoms with E-state index in [1.807, 2.05) is 30.3 Å². The number of benzene rings is 2. The lowest BCUT2D eigenvalue weighted by molar-refractivity contribution is 0.0929. The highest BCUT2D eigenvalue weighted by atomic mass is 79.9. The van der Waals surface area contributed by atoms with Crippen molar-refractivity contribution in [3.63, 3.8) is 0 Å². The van der Waals surface area contributed by atoms with Gasteiger partial charge < -0.3 is 5.32 Å². The first-order valence-electron chi connectivity index (χ1n) is 12.6. The van der Waals surface area contributed by atoms with Gasteiger partial charge in [0, 0.05) is 26.5 Å². The molecule has 0 unspecified atom stereocenters. The molecule has 1 saturated carbocycles. The van der Waals surface area contributed by atoms with Gasteiger partial charge in [-0.3, -0.25) is 4.79 Å². The van der Waals surface area contributed by atoms with E-state index in [1.165, 1.54) is 17.8 Å². The van der Waals surface area contributed by atoms with Crippen LogP contribution in [0.5, 0.6) is 0 Å². The monoisotopic (exact) mass is 631 g/mol. The summed E-state index contributed by atoms with van der Waals surface area (Å²) in [5.41, 5.74) is 2.84. The molecule has 198 valence electrons. The molecule has 1 N–H and O–H groups in total. The summed E-state index contributed by atoms with van der Waals surface area (Å²) in [7, 11) is 0. The molecular formula is C28H28BrCl2N5OS. The van der Waals surface area contributed by atoms with Crippen LogP contribution in [-0.2, 0) is 5.41 Å². The van der Waals surface area contributed by atoms with Gasteiger partial charge in [-0.05, 0) is 43.2 Å². The average Bonchev–Trinajstić information content (AvgIpc) is 3.51. The molecule has 0 aliphatic heterocycles. The second kappa shape index (κ2) is 11.1. The summed E-state index contributed by atoms with van der Waals surface area (Å²) in [5, 5.41) is 19.6. The first-order chi connectivity index (χ1) is 18.1. The predicted octanol–water partition coefficient (Wildman–Crippen LogP) is 8.49. The van der Waals surface area contributed by atoms with Crippen LogP contribution in [0.2, 0.25) is 10.0 Å². The molecule has 5 rings (SSSR count). The highest BCUT2D eigenvalue weighted by Gasteiger charge is 2.31. The van der Waals surface area contributed by atoms with E-state index in [9.17, 15) is 4.79 Å². The summed E-state index contributed by atoms with van der Waals surface area (Å²) in [6.07, 6.45) is 5.37. The Morgan fingerprint density at radius 2 is 1.76 bits per heavy atom. The predicted molar refractivity (Wildman–Crippen MR) is 159 cm³/mol. The Balaban J connectivity index is 1.76. The standard InChI is InChI=1S/C28H28BrCl2N5OS/c1-28(2,3)27-34-33-26(38-27)23-22(25(37)32-19-7-5-4-6-8-19)24(16-9-11-17(29)12-10-16)36(35-23)21-14-13-18(30)15-20(21)31/h9-15,19H,4-8H2,1-3H3,(H,32,37). The van der Waals surface area contributed by atoms with Gasteiger partial charge in [-0.1, -0.05) is 103 Å². The zero-order valence-corrected chi connectivity index (χ0v) is 25.3. The maximum atomic E-state index is 14.1. The van der Waals surface area contributed by atoms with Crippen molar-refractivity contribution in [3.05, 3.63) is 67.6 Å². The van der Waals surface area contributed by atoms with Crippen LogP contribution in [0.15, 0.2) is 46.9 Å². The number of nitrogens with one attached hydrogen (secondary N) is 1. The molecule has 38 heavy (non-hydrogen) atoms. The van der Waals surface area contributed by atoms with Gasteiger partial charge in [-0.25, -0.2) is 4.68 Å². The van der Waals surface area contributed by atoms with E-state index >= 15 is 0 Å². The quantitative estimate of drug-likeness (QED) is 0.239. The minimum absolute atomic E-state index is 0.129. The van der Waals surface area contributed by atoms with Crippen molar-refractivity contribution in [2.75, 3.05) is 0 Å². The van der Waals surface area contributed by atoms with Gasteiger partial charge in [0.2, 0.25) is 0 Å². The summed E-state index contributed by atoms with van der Waals surface area (Å²) in [5.74, 6) is -0.173. The van der Waals surface area contributed by atoms with Crippen LogP contribution in [-0.4, -0.2) is 31.9 Å². The molecule has 6 nitrogen and oxygen atoms in total. The second-order valence-corrected chi connectivity index (χ2v) is 13.3. The fourth-order valence-corrected chi connectivity index (χ4v) is 6.26. The van der Waals surface area contributed by atoms with Crippen molar-refractivity contribution in [2.24, 2.45) is 0 Å². The van der Waals surface area contributed by atoms with Crippen LogP contribution in [0.4, 0.5) is 0 Å². The van der Waals surface area contributed by atoms with Crippen molar-refractivity contribution >= 4 is 56.4 Å².